The van der Waals surface area contributed by atoms with Gasteiger partial charge in [0.25, 0.3) is 5.91 Å². The number of ether oxygens (including phenoxy) is 2. The van der Waals surface area contributed by atoms with E-state index in [4.69, 9.17) is 21.1 Å². The number of fused-ring (bicyclic) bond motifs is 1. The van der Waals surface area contributed by atoms with E-state index in [2.05, 4.69) is 25.9 Å². The third kappa shape index (κ3) is 5.43. The number of carbonyl (C=O) groups excluding carboxylic acids is 2. The number of halogens is 4. The number of hydrogen-bond acceptors (Lipinski definition) is 7. The number of alkyl halides is 3. The van der Waals surface area contributed by atoms with Gasteiger partial charge in [-0.05, 0) is 25.1 Å². The van der Waals surface area contributed by atoms with E-state index in [0.29, 0.717) is 27.4 Å². The van der Waals surface area contributed by atoms with Crippen LogP contribution in [0.1, 0.15) is 21.5 Å². The van der Waals surface area contributed by atoms with E-state index in [1.54, 1.807) is 13.0 Å². The summed E-state index contributed by atoms with van der Waals surface area (Å²) in [5, 5.41) is 9.30. The molecule has 2 heterocycles. The smallest absolute Gasteiger partial charge is 0.416 e. The number of amides is 3. The molecule has 0 atom stereocenters. The lowest BCUT2D eigenvalue weighted by atomic mass is 10.1. The predicted octanol–water partition coefficient (Wildman–Crippen LogP) is 6.59. The summed E-state index contributed by atoms with van der Waals surface area (Å²) in [4.78, 5) is 33.9. The second kappa shape index (κ2) is 10.7. The van der Waals surface area contributed by atoms with Crippen molar-refractivity contribution in [2.75, 3.05) is 30.2 Å². The van der Waals surface area contributed by atoms with Gasteiger partial charge < -0.3 is 20.1 Å². The molecule has 0 saturated carbocycles. The summed E-state index contributed by atoms with van der Waals surface area (Å²) in [6, 6.07) is 4.98. The summed E-state index contributed by atoms with van der Waals surface area (Å²) in [6.45, 7) is 1.72. The number of carbonyl (C=O) groups is 2. The molecular formula is C24H19ClF3N5O4S. The molecule has 0 bridgehead atoms. The highest BCUT2D eigenvalue weighted by Gasteiger charge is 2.30. The number of anilines is 3. The first-order valence-electron chi connectivity index (χ1n) is 10.7. The molecule has 9 nitrogen and oxygen atoms in total. The Labute approximate surface area is 222 Å². The van der Waals surface area contributed by atoms with Gasteiger partial charge in [0, 0.05) is 22.7 Å². The number of rotatable bonds is 6. The fourth-order valence-electron chi connectivity index (χ4n) is 3.54. The number of thiophene rings is 1. The van der Waals surface area contributed by atoms with Crippen LogP contribution >= 0.6 is 22.9 Å². The van der Waals surface area contributed by atoms with Crippen LogP contribution in [0.5, 0.6) is 11.5 Å². The molecule has 38 heavy (non-hydrogen) atoms. The molecule has 2 aromatic heterocycles. The largest absolute Gasteiger partial charge is 0.496 e. The van der Waals surface area contributed by atoms with E-state index in [1.165, 1.54) is 31.7 Å². The predicted molar refractivity (Wildman–Crippen MR) is 139 cm³/mol. The third-order valence-electron chi connectivity index (χ3n) is 5.40. The molecule has 0 aliphatic carbocycles. The van der Waals surface area contributed by atoms with E-state index >= 15 is 0 Å². The van der Waals surface area contributed by atoms with E-state index < -0.39 is 23.7 Å². The van der Waals surface area contributed by atoms with Crippen molar-refractivity contribution in [2.45, 2.75) is 13.1 Å². The Hall–Kier alpha value is -4.10. The Morgan fingerprint density at radius 1 is 1.03 bits per heavy atom. The van der Waals surface area contributed by atoms with E-state index in [9.17, 15) is 22.8 Å². The average Bonchev–Trinajstić information content (AvgIpc) is 3.32. The van der Waals surface area contributed by atoms with E-state index in [1.807, 2.05) is 0 Å². The van der Waals surface area contributed by atoms with Crippen LogP contribution in [0.4, 0.5) is 35.2 Å². The van der Waals surface area contributed by atoms with Gasteiger partial charge in [-0.1, -0.05) is 17.7 Å². The van der Waals surface area contributed by atoms with Gasteiger partial charge in [0.05, 0.1) is 41.3 Å². The van der Waals surface area contributed by atoms with Crippen LogP contribution in [0.2, 0.25) is 5.02 Å². The summed E-state index contributed by atoms with van der Waals surface area (Å²) >= 11 is 7.51. The highest BCUT2D eigenvalue weighted by Crippen LogP contribution is 2.41. The normalized spacial score (nSPS) is 11.2. The topological polar surface area (TPSA) is 114 Å². The van der Waals surface area contributed by atoms with Gasteiger partial charge in [-0.2, -0.15) is 13.2 Å². The monoisotopic (exact) mass is 565 g/mol. The van der Waals surface area contributed by atoms with Gasteiger partial charge >= 0.3 is 12.2 Å². The van der Waals surface area contributed by atoms with Crippen LogP contribution in [0.25, 0.3) is 10.2 Å². The van der Waals surface area contributed by atoms with Crippen molar-refractivity contribution in [1.82, 2.24) is 9.97 Å². The van der Waals surface area contributed by atoms with Crippen LogP contribution < -0.4 is 25.4 Å². The molecule has 0 radical (unpaired) electrons. The summed E-state index contributed by atoms with van der Waals surface area (Å²) in [5.74, 6) is 0.299. The average molecular weight is 566 g/mol. The second-order valence-electron chi connectivity index (χ2n) is 7.76. The quantitative estimate of drug-likeness (QED) is 0.243. The van der Waals surface area contributed by atoms with Crippen LogP contribution in [-0.2, 0) is 6.18 Å². The SMILES string of the molecule is COc1cc(OC)c(Cl)c(NC(=O)c2csc3c(NC(=O)Nc4cccc(C(F)(F)F)c4)ncnc23)c1C. The number of aromatic nitrogens is 2. The maximum Gasteiger partial charge on any atom is 0.416 e. The first kappa shape index (κ1) is 26.9. The molecule has 4 aromatic rings. The molecule has 14 heteroatoms. The molecule has 0 saturated heterocycles. The Bertz CT molecular complexity index is 1520. The molecule has 0 fully saturated rings. The molecule has 0 aliphatic heterocycles. The summed E-state index contributed by atoms with van der Waals surface area (Å²) in [6.07, 6.45) is -3.40. The van der Waals surface area contributed by atoms with E-state index in [-0.39, 0.29) is 27.6 Å². The van der Waals surface area contributed by atoms with Crippen LogP contribution in [0.3, 0.4) is 0 Å². The van der Waals surface area contributed by atoms with Crippen molar-refractivity contribution < 1.29 is 32.2 Å². The Kier molecular flexibility index (Phi) is 7.60. The molecule has 0 unspecified atom stereocenters. The number of methoxy groups -OCH3 is 2. The number of nitrogens with one attached hydrogen (secondary N) is 3. The maximum atomic E-state index is 13.2. The first-order valence-corrected chi connectivity index (χ1v) is 12.0. The van der Waals surface area contributed by atoms with Crippen molar-refractivity contribution in [1.29, 1.82) is 0 Å². The van der Waals surface area contributed by atoms with Gasteiger partial charge in [0.2, 0.25) is 0 Å². The van der Waals surface area contributed by atoms with Crippen LogP contribution in [0, 0.1) is 6.92 Å². The second-order valence-corrected chi connectivity index (χ2v) is 9.01. The minimum absolute atomic E-state index is 0.0603. The van der Waals surface area contributed by atoms with Gasteiger partial charge in [-0.3, -0.25) is 10.1 Å². The third-order valence-corrected chi connectivity index (χ3v) is 6.75. The molecule has 3 amide bonds. The Morgan fingerprint density at radius 2 is 1.76 bits per heavy atom. The summed E-state index contributed by atoms with van der Waals surface area (Å²) in [5.41, 5.74) is 0.341. The fraction of sp³-hybridized carbons (Fsp3) is 0.167. The number of hydrogen-bond donors (Lipinski definition) is 3. The Balaban J connectivity index is 1.57. The Morgan fingerprint density at radius 3 is 2.45 bits per heavy atom. The molecule has 2 aromatic carbocycles. The zero-order valence-electron chi connectivity index (χ0n) is 20.0. The van der Waals surface area contributed by atoms with Crippen LogP contribution in [-0.4, -0.2) is 36.1 Å². The van der Waals surface area contributed by atoms with Crippen molar-refractivity contribution in [3.63, 3.8) is 0 Å². The summed E-state index contributed by atoms with van der Waals surface area (Å²) < 4.78 is 49.8. The van der Waals surface area contributed by atoms with Gasteiger partial charge in [0.1, 0.15) is 22.8 Å². The minimum Gasteiger partial charge on any atom is -0.496 e. The minimum atomic E-state index is -4.56. The fourth-order valence-corrected chi connectivity index (χ4v) is 4.80. The van der Waals surface area contributed by atoms with Crippen molar-refractivity contribution in [3.05, 3.63) is 63.8 Å². The maximum absolute atomic E-state index is 13.2. The van der Waals surface area contributed by atoms with Gasteiger partial charge in [-0.25, -0.2) is 14.8 Å². The van der Waals surface area contributed by atoms with Crippen molar-refractivity contribution in [2.24, 2.45) is 0 Å². The van der Waals surface area contributed by atoms with Gasteiger partial charge in [0.15, 0.2) is 5.82 Å². The molecule has 3 N–H and O–H groups in total. The molecular weight excluding hydrogens is 547 g/mol. The lowest BCUT2D eigenvalue weighted by Gasteiger charge is -2.16. The zero-order chi connectivity index (χ0) is 27.6. The van der Waals surface area contributed by atoms with Crippen LogP contribution in [0.15, 0.2) is 42.0 Å². The number of nitrogens with zero attached hydrogens (tertiary/aromatic N) is 2. The number of benzene rings is 2. The highest BCUT2D eigenvalue weighted by molar-refractivity contribution is 7.18. The van der Waals surface area contributed by atoms with Crippen molar-refractivity contribution in [3.8, 4) is 11.5 Å². The summed E-state index contributed by atoms with van der Waals surface area (Å²) in [7, 11) is 2.91. The lowest BCUT2D eigenvalue weighted by Crippen LogP contribution is -2.20. The van der Waals surface area contributed by atoms with E-state index in [0.717, 1.165) is 29.8 Å². The molecule has 0 spiro atoms. The molecule has 0 aliphatic rings. The number of urea groups is 1. The standard InChI is InChI=1S/C24H19ClF3N5O4S/c1-11-15(36-2)8-16(37-3)17(25)18(11)32-22(34)14-9-38-20-19(14)29-10-30-21(20)33-23(35)31-13-6-4-5-12(7-13)24(26,27)28/h4-10H,1-3H3,(H,32,34)(H2,29,30,31,33,35). The molecule has 4 rings (SSSR count). The highest BCUT2D eigenvalue weighted by atomic mass is 35.5. The zero-order valence-corrected chi connectivity index (χ0v) is 21.6. The lowest BCUT2D eigenvalue weighted by molar-refractivity contribution is -0.137. The molecule has 198 valence electrons. The van der Waals surface area contributed by atoms with Gasteiger partial charge in [-0.15, -0.1) is 11.3 Å². The first-order chi connectivity index (χ1) is 18.0. The van der Waals surface area contributed by atoms with Crippen molar-refractivity contribution >= 4 is 62.3 Å².